The standard InChI is InChI=1S/C22H18F3N3O3S2/c1-31-14-6-4-5-13(11-14)28-20(30)19-17(9-10-32-19)27-21(28)33-12-18(29)26-16-8-3-2-7-15(16)22(23,24)25/h2-8,11H,9-10,12H2,1H3,(H,26,29). The summed E-state index contributed by atoms with van der Waals surface area (Å²) in [6.45, 7) is 0. The maximum atomic E-state index is 13.2. The first kappa shape index (κ1) is 23.2. The minimum absolute atomic E-state index is 0.228. The van der Waals surface area contributed by atoms with Gasteiger partial charge in [0.15, 0.2) is 5.16 Å². The highest BCUT2D eigenvalue weighted by atomic mass is 32.2. The minimum atomic E-state index is -4.59. The number of halogens is 3. The van der Waals surface area contributed by atoms with E-state index in [1.165, 1.54) is 41.6 Å². The van der Waals surface area contributed by atoms with E-state index < -0.39 is 17.6 Å². The first-order chi connectivity index (χ1) is 15.8. The van der Waals surface area contributed by atoms with E-state index in [0.29, 0.717) is 28.4 Å². The molecule has 1 aromatic heterocycles. The number of aromatic nitrogens is 2. The van der Waals surface area contributed by atoms with Crippen molar-refractivity contribution in [3.63, 3.8) is 0 Å². The molecule has 0 saturated heterocycles. The Morgan fingerprint density at radius 3 is 2.79 bits per heavy atom. The van der Waals surface area contributed by atoms with Gasteiger partial charge in [-0.3, -0.25) is 14.2 Å². The van der Waals surface area contributed by atoms with Crippen LogP contribution in [-0.4, -0.2) is 34.1 Å². The molecule has 1 amide bonds. The van der Waals surface area contributed by atoms with Crippen LogP contribution in [0.2, 0.25) is 0 Å². The van der Waals surface area contributed by atoms with Gasteiger partial charge in [0.25, 0.3) is 5.56 Å². The number of aryl methyl sites for hydroxylation is 1. The highest BCUT2D eigenvalue weighted by Gasteiger charge is 2.33. The molecule has 0 radical (unpaired) electrons. The van der Waals surface area contributed by atoms with E-state index in [1.807, 2.05) is 0 Å². The summed E-state index contributed by atoms with van der Waals surface area (Å²) in [5.41, 5.74) is -0.313. The second-order valence-electron chi connectivity index (χ2n) is 6.99. The lowest BCUT2D eigenvalue weighted by molar-refractivity contribution is -0.137. The van der Waals surface area contributed by atoms with Gasteiger partial charge >= 0.3 is 6.18 Å². The Kier molecular flexibility index (Phi) is 6.71. The molecular weight excluding hydrogens is 475 g/mol. The van der Waals surface area contributed by atoms with Crippen LogP contribution in [-0.2, 0) is 17.4 Å². The van der Waals surface area contributed by atoms with E-state index in [9.17, 15) is 22.8 Å². The van der Waals surface area contributed by atoms with Gasteiger partial charge in [-0.05, 0) is 24.3 Å². The van der Waals surface area contributed by atoms with Gasteiger partial charge in [-0.15, -0.1) is 11.8 Å². The van der Waals surface area contributed by atoms with Crippen molar-refractivity contribution in [3.8, 4) is 11.4 Å². The number of nitrogens with one attached hydrogen (secondary N) is 1. The average molecular weight is 494 g/mol. The van der Waals surface area contributed by atoms with Gasteiger partial charge < -0.3 is 10.1 Å². The molecule has 0 saturated carbocycles. The van der Waals surface area contributed by atoms with Crippen LogP contribution in [0.5, 0.6) is 5.75 Å². The molecule has 0 aliphatic carbocycles. The molecular formula is C22H18F3N3O3S2. The summed E-state index contributed by atoms with van der Waals surface area (Å²) >= 11 is 2.41. The predicted molar refractivity (Wildman–Crippen MR) is 122 cm³/mol. The third kappa shape index (κ3) is 5.03. The van der Waals surface area contributed by atoms with Gasteiger partial charge in [0.2, 0.25) is 5.91 Å². The quantitative estimate of drug-likeness (QED) is 0.399. The normalized spacial score (nSPS) is 13.0. The maximum absolute atomic E-state index is 13.2. The molecule has 1 aliphatic rings. The number of carbonyl (C=O) groups is 1. The van der Waals surface area contributed by atoms with Crippen molar-refractivity contribution >= 4 is 35.1 Å². The van der Waals surface area contributed by atoms with E-state index in [4.69, 9.17) is 4.74 Å². The maximum Gasteiger partial charge on any atom is 0.418 e. The summed E-state index contributed by atoms with van der Waals surface area (Å²) < 4.78 is 46.3. The topological polar surface area (TPSA) is 73.2 Å². The first-order valence-electron chi connectivity index (χ1n) is 9.80. The fraction of sp³-hybridized carbons (Fsp3) is 0.227. The summed E-state index contributed by atoms with van der Waals surface area (Å²) in [7, 11) is 1.51. The Morgan fingerprint density at radius 2 is 2.03 bits per heavy atom. The second kappa shape index (κ2) is 9.52. The lowest BCUT2D eigenvalue weighted by Gasteiger charge is -2.15. The Morgan fingerprint density at radius 1 is 1.24 bits per heavy atom. The SMILES string of the molecule is COc1cccc(-n2c(SCC(=O)Nc3ccccc3C(F)(F)F)nc3c(c2=O)SCC3)c1. The molecule has 1 aliphatic heterocycles. The van der Waals surface area contributed by atoms with Crippen LogP contribution >= 0.6 is 23.5 Å². The average Bonchev–Trinajstić information content (AvgIpc) is 3.26. The molecule has 0 spiro atoms. The van der Waals surface area contributed by atoms with Gasteiger partial charge in [-0.1, -0.05) is 30.0 Å². The highest BCUT2D eigenvalue weighted by Crippen LogP contribution is 2.35. The second-order valence-corrected chi connectivity index (χ2v) is 9.04. The summed E-state index contributed by atoms with van der Waals surface area (Å²) in [5, 5.41) is 2.60. The van der Waals surface area contributed by atoms with Crippen molar-refractivity contribution in [2.75, 3.05) is 23.9 Å². The zero-order chi connectivity index (χ0) is 23.6. The zero-order valence-electron chi connectivity index (χ0n) is 17.3. The minimum Gasteiger partial charge on any atom is -0.497 e. The van der Waals surface area contributed by atoms with Gasteiger partial charge in [0.1, 0.15) is 5.75 Å². The molecule has 0 unspecified atom stereocenters. The van der Waals surface area contributed by atoms with E-state index in [0.717, 1.165) is 23.6 Å². The molecule has 1 N–H and O–H groups in total. The van der Waals surface area contributed by atoms with Gasteiger partial charge in [-0.2, -0.15) is 13.2 Å². The number of hydrogen-bond acceptors (Lipinski definition) is 6. The summed E-state index contributed by atoms with van der Waals surface area (Å²) in [5.74, 6) is 0.413. The van der Waals surface area contributed by atoms with E-state index in [1.54, 1.807) is 24.3 Å². The summed E-state index contributed by atoms with van der Waals surface area (Å²) in [6.07, 6.45) is -3.96. The number of alkyl halides is 3. The number of ether oxygens (including phenoxy) is 1. The van der Waals surface area contributed by atoms with Gasteiger partial charge in [0, 0.05) is 18.2 Å². The van der Waals surface area contributed by atoms with Crippen molar-refractivity contribution in [1.82, 2.24) is 9.55 Å². The largest absolute Gasteiger partial charge is 0.497 e. The summed E-state index contributed by atoms with van der Waals surface area (Å²) in [4.78, 5) is 30.8. The third-order valence-electron chi connectivity index (χ3n) is 4.82. The van der Waals surface area contributed by atoms with E-state index in [-0.39, 0.29) is 22.2 Å². The first-order valence-corrected chi connectivity index (χ1v) is 11.8. The summed E-state index contributed by atoms with van der Waals surface area (Å²) in [6, 6.07) is 11.6. The number of rotatable bonds is 6. The molecule has 0 atom stereocenters. The number of benzene rings is 2. The Labute approximate surface area is 195 Å². The van der Waals surface area contributed by atoms with Crippen LogP contribution in [0, 0.1) is 0 Å². The van der Waals surface area contributed by atoms with Crippen LogP contribution in [0.15, 0.2) is 63.4 Å². The molecule has 0 fully saturated rings. The van der Waals surface area contributed by atoms with Crippen LogP contribution in [0.1, 0.15) is 11.3 Å². The fourth-order valence-corrected chi connectivity index (χ4v) is 5.18. The Hall–Kier alpha value is -2.92. The number of fused-ring (bicyclic) bond motifs is 1. The van der Waals surface area contributed by atoms with Crippen LogP contribution in [0.3, 0.4) is 0 Å². The van der Waals surface area contributed by atoms with Gasteiger partial charge in [-0.25, -0.2) is 4.98 Å². The van der Waals surface area contributed by atoms with E-state index in [2.05, 4.69) is 10.3 Å². The molecule has 2 heterocycles. The number of para-hydroxylation sites is 1. The number of nitrogens with zero attached hydrogens (tertiary/aromatic N) is 2. The van der Waals surface area contributed by atoms with Crippen molar-refractivity contribution < 1.29 is 22.7 Å². The Balaban J connectivity index is 1.62. The van der Waals surface area contributed by atoms with Gasteiger partial charge in [0.05, 0.1) is 40.4 Å². The molecule has 3 aromatic rings. The monoisotopic (exact) mass is 493 g/mol. The zero-order valence-corrected chi connectivity index (χ0v) is 18.9. The van der Waals surface area contributed by atoms with E-state index >= 15 is 0 Å². The number of hydrogen-bond donors (Lipinski definition) is 1. The lowest BCUT2D eigenvalue weighted by atomic mass is 10.1. The number of amides is 1. The molecule has 0 bridgehead atoms. The predicted octanol–water partition coefficient (Wildman–Crippen LogP) is 4.64. The van der Waals surface area contributed by atoms with Crippen LogP contribution < -0.4 is 15.6 Å². The van der Waals surface area contributed by atoms with Crippen molar-refractivity contribution in [3.05, 3.63) is 70.1 Å². The van der Waals surface area contributed by atoms with Crippen molar-refractivity contribution in [1.29, 1.82) is 0 Å². The Bertz CT molecular complexity index is 1260. The number of anilines is 1. The molecule has 11 heteroatoms. The van der Waals surface area contributed by atoms with Crippen LogP contribution in [0.4, 0.5) is 18.9 Å². The molecule has 4 rings (SSSR count). The van der Waals surface area contributed by atoms with Crippen molar-refractivity contribution in [2.45, 2.75) is 22.6 Å². The lowest BCUT2D eigenvalue weighted by Crippen LogP contribution is -2.25. The smallest absolute Gasteiger partial charge is 0.418 e. The molecule has 2 aromatic carbocycles. The molecule has 6 nitrogen and oxygen atoms in total. The number of carbonyl (C=O) groups excluding carboxylic acids is 1. The number of thioether (sulfide) groups is 2. The fourth-order valence-electron chi connectivity index (χ4n) is 3.32. The number of methoxy groups -OCH3 is 1. The third-order valence-corrected chi connectivity index (χ3v) is 6.86. The highest BCUT2D eigenvalue weighted by molar-refractivity contribution is 8.00. The van der Waals surface area contributed by atoms with Crippen LogP contribution in [0.25, 0.3) is 5.69 Å². The van der Waals surface area contributed by atoms with Crippen molar-refractivity contribution in [2.24, 2.45) is 0 Å². The molecule has 33 heavy (non-hydrogen) atoms. The molecule has 172 valence electrons.